The van der Waals surface area contributed by atoms with Crippen LogP contribution in [0.2, 0.25) is 0 Å². The number of rotatable bonds is 6. The van der Waals surface area contributed by atoms with Gasteiger partial charge < -0.3 is 0 Å². The molecule has 0 spiro atoms. The van der Waals surface area contributed by atoms with Crippen molar-refractivity contribution in [3.05, 3.63) is 36.5 Å². The van der Waals surface area contributed by atoms with Crippen molar-refractivity contribution in [3.63, 3.8) is 0 Å². The summed E-state index contributed by atoms with van der Waals surface area (Å²) in [5, 5.41) is 0.797. The Morgan fingerprint density at radius 1 is 1.16 bits per heavy atom. The fourth-order valence-corrected chi connectivity index (χ4v) is 3.19. The van der Waals surface area contributed by atoms with Crippen molar-refractivity contribution in [3.8, 4) is 0 Å². The largest absolute Gasteiger partial charge is 0.283 e. The van der Waals surface area contributed by atoms with E-state index in [0.29, 0.717) is 24.4 Å². The van der Waals surface area contributed by atoms with Gasteiger partial charge in [0, 0.05) is 17.5 Å². The summed E-state index contributed by atoms with van der Waals surface area (Å²) in [5.74, 6) is 0.560. The van der Waals surface area contributed by atoms with Crippen LogP contribution in [-0.4, -0.2) is 25.0 Å². The molecule has 2 aromatic rings. The minimum Gasteiger partial charge on any atom is -0.283 e. The lowest BCUT2D eigenvalue weighted by molar-refractivity contribution is 0.598. The van der Waals surface area contributed by atoms with Crippen molar-refractivity contribution in [2.24, 2.45) is 0 Å². The number of benzene rings is 1. The van der Waals surface area contributed by atoms with E-state index in [1.807, 2.05) is 12.1 Å². The van der Waals surface area contributed by atoms with Crippen molar-refractivity contribution >= 4 is 38.2 Å². The van der Waals surface area contributed by atoms with Crippen LogP contribution in [0.5, 0.6) is 0 Å². The number of anilines is 1. The first kappa shape index (κ1) is 14.1. The van der Waals surface area contributed by atoms with Crippen LogP contribution in [0.1, 0.15) is 12.8 Å². The first-order valence-corrected chi connectivity index (χ1v) is 8.21. The molecule has 0 unspecified atom stereocenters. The topological polar surface area (TPSA) is 59.1 Å². The summed E-state index contributed by atoms with van der Waals surface area (Å²) in [6.07, 6.45) is 2.93. The highest BCUT2D eigenvalue weighted by Gasteiger charge is 2.11. The average Bonchev–Trinajstić information content (AvgIpc) is 2.39. The fourth-order valence-electron chi connectivity index (χ4n) is 1.80. The van der Waals surface area contributed by atoms with Crippen LogP contribution in [0.4, 0.5) is 5.69 Å². The minimum atomic E-state index is -3.33. The van der Waals surface area contributed by atoms with E-state index in [1.165, 1.54) is 0 Å². The third-order valence-electron chi connectivity index (χ3n) is 2.71. The highest BCUT2D eigenvalue weighted by atomic mass is 35.5. The van der Waals surface area contributed by atoms with Gasteiger partial charge in [-0.05, 0) is 37.1 Å². The Labute approximate surface area is 117 Å². The Kier molecular flexibility index (Phi) is 4.61. The predicted molar refractivity (Wildman–Crippen MR) is 79.1 cm³/mol. The highest BCUT2D eigenvalue weighted by Crippen LogP contribution is 2.22. The number of fused-ring (bicyclic) bond motifs is 1. The van der Waals surface area contributed by atoms with Gasteiger partial charge in [0.15, 0.2) is 0 Å². The third-order valence-corrected chi connectivity index (χ3v) is 4.33. The number of aromatic nitrogens is 1. The van der Waals surface area contributed by atoms with Gasteiger partial charge in [-0.15, -0.1) is 11.6 Å². The summed E-state index contributed by atoms with van der Waals surface area (Å²) in [6, 6.07) is 9.00. The van der Waals surface area contributed by atoms with E-state index < -0.39 is 10.0 Å². The quantitative estimate of drug-likeness (QED) is 0.659. The van der Waals surface area contributed by atoms with Gasteiger partial charge >= 0.3 is 0 Å². The number of hydrogen-bond donors (Lipinski definition) is 1. The van der Waals surface area contributed by atoms with Gasteiger partial charge in [0.05, 0.1) is 17.0 Å². The van der Waals surface area contributed by atoms with Gasteiger partial charge in [-0.1, -0.05) is 6.07 Å². The molecular weight excluding hydrogens is 284 g/mol. The summed E-state index contributed by atoms with van der Waals surface area (Å²) >= 11 is 5.55. The fraction of sp³-hybridized carbons (Fsp3) is 0.308. The van der Waals surface area contributed by atoms with E-state index in [2.05, 4.69) is 9.71 Å². The maximum absolute atomic E-state index is 11.9. The molecule has 1 N–H and O–H groups in total. The second-order valence-corrected chi connectivity index (χ2v) is 6.41. The van der Waals surface area contributed by atoms with Crippen molar-refractivity contribution < 1.29 is 8.42 Å². The summed E-state index contributed by atoms with van der Waals surface area (Å²) in [6.45, 7) is 0. The number of unbranched alkanes of at least 4 members (excludes halogenated alkanes) is 1. The lowest BCUT2D eigenvalue weighted by atomic mass is 10.2. The molecule has 2 rings (SSSR count). The molecule has 4 nitrogen and oxygen atoms in total. The molecule has 0 aliphatic rings. The maximum Gasteiger partial charge on any atom is 0.232 e. The zero-order chi connectivity index (χ0) is 13.7. The normalized spacial score (nSPS) is 11.6. The molecule has 102 valence electrons. The lowest BCUT2D eigenvalue weighted by Gasteiger charge is -2.10. The second-order valence-electron chi connectivity index (χ2n) is 4.19. The van der Waals surface area contributed by atoms with Gasteiger partial charge in [0.2, 0.25) is 10.0 Å². The Hall–Kier alpha value is -1.33. The molecular formula is C13H15ClN2O2S. The predicted octanol–water partition coefficient (Wildman–Crippen LogP) is 3.00. The number of nitrogens with one attached hydrogen (secondary N) is 1. The van der Waals surface area contributed by atoms with Crippen molar-refractivity contribution in [1.29, 1.82) is 0 Å². The molecule has 1 aromatic heterocycles. The van der Waals surface area contributed by atoms with Gasteiger partial charge in [-0.3, -0.25) is 9.71 Å². The van der Waals surface area contributed by atoms with Gasteiger partial charge in [0.25, 0.3) is 0 Å². The highest BCUT2D eigenvalue weighted by molar-refractivity contribution is 7.92. The number of nitrogens with zero attached hydrogens (tertiary/aromatic N) is 1. The average molecular weight is 299 g/mol. The SMILES string of the molecule is O=S(=O)(CCCCCl)Nc1cccc2ncccc12. The van der Waals surface area contributed by atoms with E-state index in [9.17, 15) is 8.42 Å². The molecule has 0 bridgehead atoms. The van der Waals surface area contributed by atoms with Crippen LogP contribution in [-0.2, 0) is 10.0 Å². The Bertz CT molecular complexity index is 653. The molecule has 0 amide bonds. The Morgan fingerprint density at radius 2 is 2.00 bits per heavy atom. The van der Waals surface area contributed by atoms with Crippen LogP contribution in [0.15, 0.2) is 36.5 Å². The molecule has 1 heterocycles. The first-order chi connectivity index (χ1) is 9.12. The van der Waals surface area contributed by atoms with E-state index in [-0.39, 0.29) is 5.75 Å². The summed E-state index contributed by atoms with van der Waals surface area (Å²) < 4.78 is 26.5. The second kappa shape index (κ2) is 6.21. The minimum absolute atomic E-state index is 0.0797. The number of hydrogen-bond acceptors (Lipinski definition) is 3. The molecule has 0 atom stereocenters. The van der Waals surface area contributed by atoms with Crippen molar-refractivity contribution in [2.45, 2.75) is 12.8 Å². The van der Waals surface area contributed by atoms with Crippen molar-refractivity contribution in [2.75, 3.05) is 16.4 Å². The van der Waals surface area contributed by atoms with Crippen LogP contribution >= 0.6 is 11.6 Å². The molecule has 6 heteroatoms. The number of alkyl halides is 1. The summed E-state index contributed by atoms with van der Waals surface area (Å²) in [4.78, 5) is 4.20. The molecule has 0 saturated heterocycles. The molecule has 1 aromatic carbocycles. The summed E-state index contributed by atoms with van der Waals surface area (Å²) in [7, 11) is -3.33. The van der Waals surface area contributed by atoms with E-state index in [4.69, 9.17) is 11.6 Å². The smallest absolute Gasteiger partial charge is 0.232 e. The lowest BCUT2D eigenvalue weighted by Crippen LogP contribution is -2.17. The Balaban J connectivity index is 2.21. The van der Waals surface area contributed by atoms with Crippen LogP contribution in [0, 0.1) is 0 Å². The van der Waals surface area contributed by atoms with Crippen LogP contribution in [0.25, 0.3) is 10.9 Å². The van der Waals surface area contributed by atoms with E-state index in [1.54, 1.807) is 24.4 Å². The first-order valence-electron chi connectivity index (χ1n) is 6.02. The van der Waals surface area contributed by atoms with Gasteiger partial charge in [0.1, 0.15) is 0 Å². The number of sulfonamides is 1. The van der Waals surface area contributed by atoms with Crippen LogP contribution < -0.4 is 4.72 Å². The van der Waals surface area contributed by atoms with E-state index >= 15 is 0 Å². The molecule has 0 fully saturated rings. The van der Waals surface area contributed by atoms with Gasteiger partial charge in [-0.25, -0.2) is 8.42 Å². The maximum atomic E-state index is 11.9. The molecule has 0 aliphatic heterocycles. The molecule has 0 radical (unpaired) electrons. The zero-order valence-electron chi connectivity index (χ0n) is 10.3. The third kappa shape index (κ3) is 3.81. The monoisotopic (exact) mass is 298 g/mol. The zero-order valence-corrected chi connectivity index (χ0v) is 11.9. The Morgan fingerprint density at radius 3 is 2.79 bits per heavy atom. The molecule has 0 saturated carbocycles. The summed E-state index contributed by atoms with van der Waals surface area (Å²) in [5.41, 5.74) is 1.33. The van der Waals surface area contributed by atoms with Crippen molar-refractivity contribution in [1.82, 2.24) is 4.98 Å². The van der Waals surface area contributed by atoms with Gasteiger partial charge in [-0.2, -0.15) is 0 Å². The molecule has 19 heavy (non-hydrogen) atoms. The number of halogens is 1. The van der Waals surface area contributed by atoms with E-state index in [0.717, 1.165) is 10.9 Å². The van der Waals surface area contributed by atoms with Crippen LogP contribution in [0.3, 0.4) is 0 Å². The standard InChI is InChI=1S/C13H15ClN2O2S/c14-8-1-2-10-19(17,18)16-13-7-3-6-12-11(13)5-4-9-15-12/h3-7,9,16H,1-2,8,10H2. The molecule has 0 aliphatic carbocycles. The number of pyridine rings is 1.